The van der Waals surface area contributed by atoms with Gasteiger partial charge in [-0.3, -0.25) is 15.6 Å². The molecule has 0 aliphatic carbocycles. The van der Waals surface area contributed by atoms with Crippen molar-refractivity contribution in [3.8, 4) is 10.6 Å². The molecule has 1 aliphatic heterocycles. The van der Waals surface area contributed by atoms with E-state index < -0.39 is 0 Å². The Hall–Kier alpha value is -3.00. The summed E-state index contributed by atoms with van der Waals surface area (Å²) in [5, 5.41) is 8.19. The summed E-state index contributed by atoms with van der Waals surface area (Å²) >= 11 is 1.47. The molecular weight excluding hydrogens is 360 g/mol. The number of thiazole rings is 1. The maximum atomic E-state index is 12.3. The Balaban J connectivity index is 1.39. The molecular formula is C19H20N6OS. The number of hydrogen-bond acceptors (Lipinski definition) is 6. The number of amides is 2. The minimum atomic E-state index is -0.357. The number of nitrogens with one attached hydrogen (secondary N) is 2. The average Bonchev–Trinajstić information content (AvgIpc) is 3.18. The predicted octanol–water partition coefficient (Wildman–Crippen LogP) is 4.23. The van der Waals surface area contributed by atoms with Crippen molar-refractivity contribution in [1.29, 1.82) is 0 Å². The molecule has 1 fully saturated rings. The zero-order valence-electron chi connectivity index (χ0n) is 14.8. The van der Waals surface area contributed by atoms with E-state index >= 15 is 0 Å². The summed E-state index contributed by atoms with van der Waals surface area (Å²) in [6, 6.07) is 9.10. The van der Waals surface area contributed by atoms with Crippen LogP contribution in [-0.2, 0) is 0 Å². The maximum absolute atomic E-state index is 12.3. The van der Waals surface area contributed by atoms with E-state index in [2.05, 4.69) is 30.5 Å². The van der Waals surface area contributed by atoms with E-state index in [1.807, 2.05) is 29.6 Å². The summed E-state index contributed by atoms with van der Waals surface area (Å²) in [6.07, 6.45) is 7.08. The highest BCUT2D eigenvalue weighted by atomic mass is 32.1. The van der Waals surface area contributed by atoms with Crippen LogP contribution in [0.4, 0.5) is 22.2 Å². The first-order valence-corrected chi connectivity index (χ1v) is 9.82. The minimum Gasteiger partial charge on any atom is -0.357 e. The SMILES string of the molecule is O=C(Nc1cccc(N2CCCCC2)n1)Nc1csc(-c2ccncc2)n1. The standard InChI is InChI=1S/C19H20N6OS/c26-19(24-16-13-27-18(22-16)14-7-9-20-10-8-14)23-15-5-4-6-17(21-15)25-11-2-1-3-12-25/h4-10,13H,1-3,11-12H2,(H2,21,23,24,26). The number of anilines is 3. The third-order valence-electron chi connectivity index (χ3n) is 4.33. The molecule has 0 unspecified atom stereocenters. The van der Waals surface area contributed by atoms with Gasteiger partial charge < -0.3 is 4.90 Å². The number of piperidine rings is 1. The number of carbonyl (C=O) groups excluding carboxylic acids is 1. The molecule has 2 amide bonds. The molecule has 0 bridgehead atoms. The summed E-state index contributed by atoms with van der Waals surface area (Å²) < 4.78 is 0. The van der Waals surface area contributed by atoms with Crippen LogP contribution in [0.5, 0.6) is 0 Å². The van der Waals surface area contributed by atoms with E-state index in [1.54, 1.807) is 18.5 Å². The van der Waals surface area contributed by atoms with E-state index in [1.165, 1.54) is 30.6 Å². The average molecular weight is 380 g/mol. The normalized spacial score (nSPS) is 14.0. The van der Waals surface area contributed by atoms with Crippen LogP contribution in [-0.4, -0.2) is 34.1 Å². The van der Waals surface area contributed by atoms with E-state index in [9.17, 15) is 4.79 Å². The Morgan fingerprint density at radius 2 is 1.74 bits per heavy atom. The van der Waals surface area contributed by atoms with Gasteiger partial charge in [0, 0.05) is 36.4 Å². The fourth-order valence-corrected chi connectivity index (χ4v) is 3.77. The van der Waals surface area contributed by atoms with Crippen LogP contribution in [0.2, 0.25) is 0 Å². The third kappa shape index (κ3) is 4.40. The predicted molar refractivity (Wildman–Crippen MR) is 108 cm³/mol. The molecule has 4 rings (SSSR count). The maximum Gasteiger partial charge on any atom is 0.326 e. The van der Waals surface area contributed by atoms with Crippen LogP contribution in [0.25, 0.3) is 10.6 Å². The van der Waals surface area contributed by atoms with Gasteiger partial charge in [0.1, 0.15) is 22.5 Å². The van der Waals surface area contributed by atoms with Gasteiger partial charge in [-0.05, 0) is 43.5 Å². The Labute approximate surface area is 161 Å². The number of urea groups is 1. The molecule has 0 radical (unpaired) electrons. The molecule has 7 nitrogen and oxygen atoms in total. The first kappa shape index (κ1) is 17.4. The van der Waals surface area contributed by atoms with Crippen LogP contribution in [0.15, 0.2) is 48.1 Å². The van der Waals surface area contributed by atoms with Gasteiger partial charge in [0.05, 0.1) is 0 Å². The number of aromatic nitrogens is 3. The van der Waals surface area contributed by atoms with E-state index in [-0.39, 0.29) is 6.03 Å². The van der Waals surface area contributed by atoms with Gasteiger partial charge in [0.2, 0.25) is 0 Å². The van der Waals surface area contributed by atoms with Crippen molar-refractivity contribution in [2.45, 2.75) is 19.3 Å². The van der Waals surface area contributed by atoms with Crippen LogP contribution in [0, 0.1) is 0 Å². The molecule has 3 aromatic rings. The largest absolute Gasteiger partial charge is 0.357 e. The quantitative estimate of drug-likeness (QED) is 0.707. The Bertz CT molecular complexity index is 907. The molecule has 0 spiro atoms. The van der Waals surface area contributed by atoms with Crippen LogP contribution < -0.4 is 15.5 Å². The Morgan fingerprint density at radius 3 is 2.56 bits per heavy atom. The van der Waals surface area contributed by atoms with Crippen LogP contribution in [0.3, 0.4) is 0 Å². The Kier molecular flexibility index (Phi) is 5.24. The zero-order valence-corrected chi connectivity index (χ0v) is 15.6. The van der Waals surface area contributed by atoms with Crippen LogP contribution >= 0.6 is 11.3 Å². The van der Waals surface area contributed by atoms with Crippen molar-refractivity contribution >= 4 is 34.8 Å². The fourth-order valence-electron chi connectivity index (χ4n) is 3.01. The first-order valence-electron chi connectivity index (χ1n) is 8.94. The molecule has 8 heteroatoms. The second-order valence-electron chi connectivity index (χ2n) is 6.28. The van der Waals surface area contributed by atoms with Crippen molar-refractivity contribution in [2.75, 3.05) is 28.6 Å². The fraction of sp³-hybridized carbons (Fsp3) is 0.263. The second-order valence-corrected chi connectivity index (χ2v) is 7.14. The lowest BCUT2D eigenvalue weighted by atomic mass is 10.1. The van der Waals surface area contributed by atoms with Gasteiger partial charge in [-0.25, -0.2) is 14.8 Å². The molecule has 138 valence electrons. The minimum absolute atomic E-state index is 0.357. The third-order valence-corrected chi connectivity index (χ3v) is 5.22. The van der Waals surface area contributed by atoms with Crippen molar-refractivity contribution in [1.82, 2.24) is 15.0 Å². The highest BCUT2D eigenvalue weighted by Gasteiger charge is 2.13. The lowest BCUT2D eigenvalue weighted by molar-refractivity contribution is 0.262. The van der Waals surface area contributed by atoms with E-state index in [0.29, 0.717) is 11.6 Å². The number of rotatable bonds is 4. The highest BCUT2D eigenvalue weighted by Crippen LogP contribution is 2.25. The van der Waals surface area contributed by atoms with Gasteiger partial charge in [0.25, 0.3) is 0 Å². The molecule has 3 aromatic heterocycles. The zero-order chi connectivity index (χ0) is 18.5. The number of pyridine rings is 2. The van der Waals surface area contributed by atoms with E-state index in [4.69, 9.17) is 0 Å². The van der Waals surface area contributed by atoms with Crippen LogP contribution in [0.1, 0.15) is 19.3 Å². The van der Waals surface area contributed by atoms with Crippen molar-refractivity contribution < 1.29 is 4.79 Å². The molecule has 1 aliphatic rings. The molecule has 1 saturated heterocycles. The number of nitrogens with zero attached hydrogens (tertiary/aromatic N) is 4. The number of carbonyl (C=O) groups is 1. The summed E-state index contributed by atoms with van der Waals surface area (Å²) in [6.45, 7) is 2.03. The lowest BCUT2D eigenvalue weighted by Crippen LogP contribution is -2.30. The van der Waals surface area contributed by atoms with Crippen molar-refractivity contribution in [2.24, 2.45) is 0 Å². The summed E-state index contributed by atoms with van der Waals surface area (Å²) in [5.41, 5.74) is 0.972. The highest BCUT2D eigenvalue weighted by molar-refractivity contribution is 7.13. The first-order chi connectivity index (χ1) is 13.3. The summed E-state index contributed by atoms with van der Waals surface area (Å²) in [5.74, 6) is 1.94. The monoisotopic (exact) mass is 380 g/mol. The Morgan fingerprint density at radius 1 is 0.963 bits per heavy atom. The summed E-state index contributed by atoms with van der Waals surface area (Å²) in [7, 11) is 0. The lowest BCUT2D eigenvalue weighted by Gasteiger charge is -2.27. The topological polar surface area (TPSA) is 83.0 Å². The van der Waals surface area contributed by atoms with Gasteiger partial charge in [-0.15, -0.1) is 11.3 Å². The van der Waals surface area contributed by atoms with Crippen molar-refractivity contribution in [3.63, 3.8) is 0 Å². The molecule has 27 heavy (non-hydrogen) atoms. The van der Waals surface area contributed by atoms with Gasteiger partial charge in [0.15, 0.2) is 0 Å². The summed E-state index contributed by atoms with van der Waals surface area (Å²) in [4.78, 5) is 27.6. The molecule has 0 aromatic carbocycles. The van der Waals surface area contributed by atoms with Gasteiger partial charge in [-0.2, -0.15) is 0 Å². The van der Waals surface area contributed by atoms with Gasteiger partial charge in [-0.1, -0.05) is 6.07 Å². The van der Waals surface area contributed by atoms with Gasteiger partial charge >= 0.3 is 6.03 Å². The van der Waals surface area contributed by atoms with Crippen molar-refractivity contribution in [3.05, 3.63) is 48.1 Å². The smallest absolute Gasteiger partial charge is 0.326 e. The molecule has 0 saturated carbocycles. The number of hydrogen-bond donors (Lipinski definition) is 2. The van der Waals surface area contributed by atoms with E-state index in [0.717, 1.165) is 29.5 Å². The molecule has 4 heterocycles. The second kappa shape index (κ2) is 8.13. The molecule has 0 atom stereocenters. The molecule has 2 N–H and O–H groups in total.